The molecule has 0 spiro atoms. The second kappa shape index (κ2) is 13.7. The zero-order valence-corrected chi connectivity index (χ0v) is 21.3. The highest BCUT2D eigenvalue weighted by Crippen LogP contribution is 2.28. The summed E-state index contributed by atoms with van der Waals surface area (Å²) in [6.45, 7) is 5.29. The Labute approximate surface area is 220 Å². The molecule has 2 heterocycles. The molecule has 0 aliphatic carbocycles. The third-order valence-corrected chi connectivity index (χ3v) is 6.03. The van der Waals surface area contributed by atoms with E-state index in [0.717, 1.165) is 60.8 Å². The van der Waals surface area contributed by atoms with Crippen LogP contribution in [-0.4, -0.2) is 91.4 Å². The number of fused-ring (bicyclic) bond motifs is 1. The smallest absolute Gasteiger partial charge is 0.414 e. The fourth-order valence-electron chi connectivity index (χ4n) is 4.03. The fraction of sp³-hybridized carbons (Fsp3) is 0.296. The molecule has 1 aliphatic rings. The van der Waals surface area contributed by atoms with Crippen LogP contribution in [-0.2, 0) is 9.59 Å². The number of amides is 1. The molecule has 0 saturated carbocycles. The number of nitrogens with zero attached hydrogens (tertiary/aromatic N) is 2. The number of rotatable bonds is 8. The van der Waals surface area contributed by atoms with Crippen LogP contribution in [0.25, 0.3) is 10.9 Å². The number of nitrogens with one attached hydrogen (secondary N) is 2. The second-order valence-electron chi connectivity index (χ2n) is 8.37. The van der Waals surface area contributed by atoms with E-state index in [9.17, 15) is 4.79 Å². The van der Waals surface area contributed by atoms with E-state index in [4.69, 9.17) is 29.3 Å². The number of carboxylic acids is 2. The van der Waals surface area contributed by atoms with E-state index in [1.807, 2.05) is 42.5 Å². The van der Waals surface area contributed by atoms with Crippen molar-refractivity contribution in [2.24, 2.45) is 0 Å². The predicted octanol–water partition coefficient (Wildman–Crippen LogP) is 2.45. The average Bonchev–Trinajstić information content (AvgIpc) is 3.36. The minimum atomic E-state index is -1.82. The number of hydrogen-bond donors (Lipinski definition) is 4. The van der Waals surface area contributed by atoms with E-state index in [1.165, 1.54) is 0 Å². The molecule has 0 unspecified atom stereocenters. The molecule has 0 bridgehead atoms. The first-order chi connectivity index (χ1) is 18.3. The third-order valence-electron chi connectivity index (χ3n) is 6.03. The van der Waals surface area contributed by atoms with Crippen LogP contribution in [0.15, 0.2) is 60.8 Å². The molecule has 4 rings (SSSR count). The summed E-state index contributed by atoms with van der Waals surface area (Å²) in [5.41, 5.74) is 2.70. The number of aromatic nitrogens is 1. The van der Waals surface area contributed by atoms with Crippen LogP contribution in [0.4, 0.5) is 5.69 Å². The van der Waals surface area contributed by atoms with Gasteiger partial charge in [-0.15, -0.1) is 0 Å². The number of piperazine rings is 1. The summed E-state index contributed by atoms with van der Waals surface area (Å²) >= 11 is 0. The Morgan fingerprint density at radius 2 is 1.68 bits per heavy atom. The van der Waals surface area contributed by atoms with Crippen molar-refractivity contribution in [1.29, 1.82) is 0 Å². The number of aliphatic carboxylic acids is 2. The largest absolute Gasteiger partial charge is 0.497 e. The van der Waals surface area contributed by atoms with E-state index in [-0.39, 0.29) is 5.91 Å². The molecule has 0 radical (unpaired) electrons. The lowest BCUT2D eigenvalue weighted by atomic mass is 10.1. The van der Waals surface area contributed by atoms with E-state index < -0.39 is 11.9 Å². The Kier molecular flexibility index (Phi) is 10.1. The minimum absolute atomic E-state index is 0.0976. The van der Waals surface area contributed by atoms with Crippen LogP contribution in [0.5, 0.6) is 11.5 Å². The molecule has 1 amide bonds. The number of ether oxygens (including phenoxy) is 2. The topological polar surface area (TPSA) is 144 Å². The molecule has 1 fully saturated rings. The van der Waals surface area contributed by atoms with E-state index in [0.29, 0.717) is 12.1 Å². The lowest BCUT2D eigenvalue weighted by Gasteiger charge is -2.36. The first-order valence-electron chi connectivity index (χ1n) is 12.0. The Morgan fingerprint density at radius 3 is 2.34 bits per heavy atom. The molecule has 4 N–H and O–H groups in total. The lowest BCUT2D eigenvalue weighted by molar-refractivity contribution is -0.159. The zero-order valence-electron chi connectivity index (χ0n) is 21.3. The van der Waals surface area contributed by atoms with Gasteiger partial charge in [-0.3, -0.25) is 9.69 Å². The van der Waals surface area contributed by atoms with Crippen LogP contribution in [0.3, 0.4) is 0 Å². The molecule has 38 heavy (non-hydrogen) atoms. The highest BCUT2D eigenvalue weighted by Gasteiger charge is 2.18. The van der Waals surface area contributed by atoms with Crippen molar-refractivity contribution in [3.8, 4) is 11.5 Å². The van der Waals surface area contributed by atoms with Crippen LogP contribution in [0.1, 0.15) is 10.4 Å². The van der Waals surface area contributed by atoms with Gasteiger partial charge in [0.25, 0.3) is 5.91 Å². The molecule has 11 heteroatoms. The van der Waals surface area contributed by atoms with Gasteiger partial charge in [0.15, 0.2) is 0 Å². The van der Waals surface area contributed by atoms with Gasteiger partial charge in [0.1, 0.15) is 11.5 Å². The summed E-state index contributed by atoms with van der Waals surface area (Å²) in [6, 6.07) is 13.8. The minimum Gasteiger partial charge on any atom is -0.497 e. The summed E-state index contributed by atoms with van der Waals surface area (Å²) in [5, 5.41) is 18.6. The summed E-state index contributed by atoms with van der Waals surface area (Å²) in [7, 11) is 3.34. The maximum atomic E-state index is 12.6. The number of anilines is 1. The maximum Gasteiger partial charge on any atom is 0.414 e. The van der Waals surface area contributed by atoms with Crippen molar-refractivity contribution in [1.82, 2.24) is 15.2 Å². The number of aromatic amines is 1. The predicted molar refractivity (Wildman–Crippen MR) is 143 cm³/mol. The van der Waals surface area contributed by atoms with E-state index >= 15 is 0 Å². The molecule has 202 valence electrons. The molecule has 1 aliphatic heterocycles. The van der Waals surface area contributed by atoms with Crippen LogP contribution in [0, 0.1) is 0 Å². The SMILES string of the molecule is COc1ccc2[nH]cc(C(=O)NC/C=C/CN3CCN(c4ccccc4OC)CC3)c2c1.O=C(O)C(=O)O. The van der Waals surface area contributed by atoms with Crippen molar-refractivity contribution in [3.05, 3.63) is 66.4 Å². The number of hydrogen-bond acceptors (Lipinski definition) is 7. The van der Waals surface area contributed by atoms with Gasteiger partial charge in [-0.1, -0.05) is 24.3 Å². The van der Waals surface area contributed by atoms with Crippen molar-refractivity contribution >= 4 is 34.4 Å². The Hall–Kier alpha value is -4.51. The highest BCUT2D eigenvalue weighted by molar-refractivity contribution is 6.27. The monoisotopic (exact) mass is 524 g/mol. The quantitative estimate of drug-likeness (QED) is 0.258. The van der Waals surface area contributed by atoms with Crippen molar-refractivity contribution < 1.29 is 34.1 Å². The molecule has 1 saturated heterocycles. The zero-order chi connectivity index (χ0) is 27.5. The lowest BCUT2D eigenvalue weighted by Crippen LogP contribution is -2.46. The number of methoxy groups -OCH3 is 2. The van der Waals surface area contributed by atoms with Gasteiger partial charge < -0.3 is 34.9 Å². The summed E-state index contributed by atoms with van der Waals surface area (Å²) < 4.78 is 10.8. The second-order valence-corrected chi connectivity index (χ2v) is 8.37. The number of carboxylic acid groups (broad SMARTS) is 2. The van der Waals surface area contributed by atoms with E-state index in [2.05, 4.69) is 32.2 Å². The van der Waals surface area contributed by atoms with Gasteiger partial charge in [0, 0.05) is 56.4 Å². The van der Waals surface area contributed by atoms with Crippen LogP contribution >= 0.6 is 0 Å². The molecule has 2 aromatic carbocycles. The molecular formula is C27H32N4O7. The maximum absolute atomic E-state index is 12.6. The van der Waals surface area contributed by atoms with Gasteiger partial charge in [-0.2, -0.15) is 0 Å². The summed E-state index contributed by atoms with van der Waals surface area (Å²) in [4.78, 5) is 38.7. The summed E-state index contributed by atoms with van der Waals surface area (Å²) in [5.74, 6) is -2.09. The Morgan fingerprint density at radius 1 is 0.974 bits per heavy atom. The van der Waals surface area contributed by atoms with Gasteiger partial charge in [-0.25, -0.2) is 9.59 Å². The summed E-state index contributed by atoms with van der Waals surface area (Å²) in [6.07, 6.45) is 5.88. The Balaban J connectivity index is 0.000000599. The highest BCUT2D eigenvalue weighted by atomic mass is 16.5. The molecule has 3 aromatic rings. The fourth-order valence-corrected chi connectivity index (χ4v) is 4.03. The first kappa shape index (κ1) is 28.1. The van der Waals surface area contributed by atoms with Gasteiger partial charge in [0.2, 0.25) is 0 Å². The number of para-hydroxylation sites is 2. The average molecular weight is 525 g/mol. The van der Waals surface area contributed by atoms with Gasteiger partial charge in [-0.05, 0) is 30.3 Å². The van der Waals surface area contributed by atoms with Gasteiger partial charge in [0.05, 0.1) is 25.5 Å². The number of carbonyl (C=O) groups excluding carboxylic acids is 1. The third kappa shape index (κ3) is 7.50. The van der Waals surface area contributed by atoms with Crippen LogP contribution in [0.2, 0.25) is 0 Å². The Bertz CT molecular complexity index is 1270. The number of carbonyl (C=O) groups is 3. The molecule has 0 atom stereocenters. The van der Waals surface area contributed by atoms with Crippen molar-refractivity contribution in [2.45, 2.75) is 0 Å². The van der Waals surface area contributed by atoms with Gasteiger partial charge >= 0.3 is 11.9 Å². The molecule has 1 aromatic heterocycles. The van der Waals surface area contributed by atoms with E-state index in [1.54, 1.807) is 20.4 Å². The van der Waals surface area contributed by atoms with Crippen molar-refractivity contribution in [3.63, 3.8) is 0 Å². The number of H-pyrrole nitrogens is 1. The van der Waals surface area contributed by atoms with Crippen molar-refractivity contribution in [2.75, 3.05) is 58.4 Å². The standard InChI is InChI=1S/C25H30N4O3.C2H2O4/c1-31-19-9-10-22-20(17-19)21(18-27-22)25(30)26-11-5-6-12-28-13-15-29(16-14-28)23-7-3-4-8-24(23)32-2;3-1(4)2(5)6/h3-10,17-18,27H,11-16H2,1-2H3,(H,26,30);(H,3,4)(H,5,6)/b6-5+;. The normalized spacial score (nSPS) is 13.6. The number of benzene rings is 2. The molecular weight excluding hydrogens is 492 g/mol. The molecule has 11 nitrogen and oxygen atoms in total. The van der Waals surface area contributed by atoms with Crippen LogP contribution < -0.4 is 19.7 Å². The first-order valence-corrected chi connectivity index (χ1v) is 12.0.